The highest BCUT2D eigenvalue weighted by Gasteiger charge is 2.06. The Morgan fingerprint density at radius 1 is 1.31 bits per heavy atom. The summed E-state index contributed by atoms with van der Waals surface area (Å²) in [6.45, 7) is 0. The molecular formula is C9H11BNO2. The highest BCUT2D eigenvalue weighted by Crippen LogP contribution is 1.99. The molecule has 1 N–H and O–H groups in total. The summed E-state index contributed by atoms with van der Waals surface area (Å²) in [4.78, 5) is 12.9. The molecule has 0 aromatic heterocycles. The summed E-state index contributed by atoms with van der Waals surface area (Å²) in [6, 6.07) is 6.75. The summed E-state index contributed by atoms with van der Waals surface area (Å²) in [5.41, 5.74) is 1.31. The molecule has 67 valence electrons. The normalized spacial score (nSPS) is 9.46. The van der Waals surface area contributed by atoms with E-state index in [9.17, 15) is 4.79 Å². The van der Waals surface area contributed by atoms with Gasteiger partial charge in [-0.1, -0.05) is 17.6 Å². The average molecular weight is 176 g/mol. The molecule has 1 rings (SSSR count). The van der Waals surface area contributed by atoms with E-state index in [0.717, 1.165) is 7.48 Å². The van der Waals surface area contributed by atoms with Crippen LogP contribution in [0, 0.1) is 0 Å². The van der Waals surface area contributed by atoms with Gasteiger partial charge in [0.1, 0.15) is 0 Å². The molecule has 0 atom stereocenters. The second-order valence-corrected chi connectivity index (χ2v) is 2.95. The monoisotopic (exact) mass is 176 g/mol. The van der Waals surface area contributed by atoms with Crippen molar-refractivity contribution in [1.29, 1.82) is 0 Å². The van der Waals surface area contributed by atoms with Crippen molar-refractivity contribution < 1.29 is 9.82 Å². The van der Waals surface area contributed by atoms with E-state index in [1.54, 1.807) is 38.4 Å². The Morgan fingerprint density at radius 2 is 1.85 bits per heavy atom. The van der Waals surface area contributed by atoms with Crippen molar-refractivity contribution in [1.82, 2.24) is 4.90 Å². The number of carbonyl (C=O) groups is 1. The first-order valence-corrected chi connectivity index (χ1v) is 3.94. The third-order valence-electron chi connectivity index (χ3n) is 1.71. The van der Waals surface area contributed by atoms with Crippen LogP contribution in [-0.4, -0.2) is 37.4 Å². The van der Waals surface area contributed by atoms with Crippen LogP contribution in [0.5, 0.6) is 0 Å². The third-order valence-corrected chi connectivity index (χ3v) is 1.71. The maximum absolute atomic E-state index is 11.4. The van der Waals surface area contributed by atoms with Crippen LogP contribution in [0.1, 0.15) is 10.4 Å². The van der Waals surface area contributed by atoms with Gasteiger partial charge >= 0.3 is 7.48 Å². The van der Waals surface area contributed by atoms with Crippen molar-refractivity contribution in [2.75, 3.05) is 14.1 Å². The second kappa shape index (κ2) is 4.09. The second-order valence-electron chi connectivity index (χ2n) is 2.95. The first-order chi connectivity index (χ1) is 6.15. The molecule has 0 aliphatic heterocycles. The van der Waals surface area contributed by atoms with Gasteiger partial charge < -0.3 is 9.92 Å². The Labute approximate surface area is 78.3 Å². The fourth-order valence-corrected chi connectivity index (χ4v) is 0.970. The Balaban J connectivity index is 2.86. The van der Waals surface area contributed by atoms with Crippen molar-refractivity contribution >= 4 is 18.9 Å². The zero-order valence-electron chi connectivity index (χ0n) is 7.69. The Kier molecular flexibility index (Phi) is 3.09. The molecule has 13 heavy (non-hydrogen) atoms. The molecule has 0 bridgehead atoms. The van der Waals surface area contributed by atoms with E-state index in [1.165, 1.54) is 4.90 Å². The Bertz CT molecular complexity index is 295. The van der Waals surface area contributed by atoms with E-state index in [-0.39, 0.29) is 5.91 Å². The Morgan fingerprint density at radius 3 is 2.23 bits per heavy atom. The minimum Gasteiger partial charge on any atom is -0.450 e. The number of amides is 1. The zero-order chi connectivity index (χ0) is 9.84. The van der Waals surface area contributed by atoms with Gasteiger partial charge in [-0.3, -0.25) is 4.79 Å². The van der Waals surface area contributed by atoms with Crippen molar-refractivity contribution in [2.24, 2.45) is 0 Å². The van der Waals surface area contributed by atoms with Gasteiger partial charge in [-0.25, -0.2) is 0 Å². The standard InChI is InChI=1S/C9H11BNO2/c1-11(2)9(12)7-3-5-8(10-13)6-4-7/h3-6,13H,1-2H3. The molecule has 0 unspecified atom stereocenters. The van der Waals surface area contributed by atoms with E-state index >= 15 is 0 Å². The van der Waals surface area contributed by atoms with Crippen molar-refractivity contribution in [3.8, 4) is 0 Å². The van der Waals surface area contributed by atoms with Crippen LogP contribution < -0.4 is 5.46 Å². The molecule has 0 saturated carbocycles. The fourth-order valence-electron chi connectivity index (χ4n) is 0.970. The minimum atomic E-state index is -0.0375. The summed E-state index contributed by atoms with van der Waals surface area (Å²) in [7, 11) is 4.41. The summed E-state index contributed by atoms with van der Waals surface area (Å²) in [6.07, 6.45) is 0. The van der Waals surface area contributed by atoms with Gasteiger partial charge in [0, 0.05) is 19.7 Å². The number of rotatable bonds is 2. The highest BCUT2D eigenvalue weighted by molar-refractivity contribution is 6.45. The molecule has 0 spiro atoms. The molecule has 3 nitrogen and oxygen atoms in total. The number of carbonyl (C=O) groups excluding carboxylic acids is 1. The van der Waals surface area contributed by atoms with E-state index in [4.69, 9.17) is 5.02 Å². The lowest BCUT2D eigenvalue weighted by molar-refractivity contribution is 0.0827. The van der Waals surface area contributed by atoms with Crippen LogP contribution in [0.3, 0.4) is 0 Å². The first kappa shape index (κ1) is 9.80. The molecule has 1 aromatic carbocycles. The fraction of sp³-hybridized carbons (Fsp3) is 0.222. The molecule has 0 saturated heterocycles. The molecule has 1 aromatic rings. The Hall–Kier alpha value is -1.29. The summed E-state index contributed by atoms with van der Waals surface area (Å²) in [5.74, 6) is -0.0375. The van der Waals surface area contributed by atoms with Gasteiger partial charge in [0.15, 0.2) is 0 Å². The van der Waals surface area contributed by atoms with Gasteiger partial charge in [-0.15, -0.1) is 0 Å². The van der Waals surface area contributed by atoms with Crippen LogP contribution in [0.25, 0.3) is 0 Å². The lowest BCUT2D eigenvalue weighted by Crippen LogP contribution is -2.22. The summed E-state index contributed by atoms with van der Waals surface area (Å²) < 4.78 is 0. The van der Waals surface area contributed by atoms with Crippen LogP contribution in [0.2, 0.25) is 0 Å². The molecule has 1 radical (unpaired) electrons. The first-order valence-electron chi connectivity index (χ1n) is 3.94. The van der Waals surface area contributed by atoms with Crippen molar-refractivity contribution in [3.63, 3.8) is 0 Å². The molecule has 0 aliphatic carbocycles. The maximum Gasteiger partial charge on any atom is 0.326 e. The molecule has 4 heteroatoms. The highest BCUT2D eigenvalue weighted by atomic mass is 16.2. The van der Waals surface area contributed by atoms with E-state index in [2.05, 4.69) is 0 Å². The number of benzene rings is 1. The van der Waals surface area contributed by atoms with Crippen molar-refractivity contribution in [2.45, 2.75) is 0 Å². The SMILES string of the molecule is CN(C)C(=O)c1ccc([B]O)cc1. The number of nitrogens with zero attached hydrogens (tertiary/aromatic N) is 1. The minimum absolute atomic E-state index is 0.0375. The average Bonchev–Trinajstić information content (AvgIpc) is 2.17. The summed E-state index contributed by atoms with van der Waals surface area (Å²) in [5, 5.41) is 8.66. The number of hydrogen-bond donors (Lipinski definition) is 1. The molecule has 1 amide bonds. The van der Waals surface area contributed by atoms with Crippen LogP contribution in [-0.2, 0) is 0 Å². The van der Waals surface area contributed by atoms with Gasteiger partial charge in [0.25, 0.3) is 5.91 Å². The van der Waals surface area contributed by atoms with E-state index in [1.807, 2.05) is 0 Å². The number of hydrogen-bond acceptors (Lipinski definition) is 2. The predicted molar refractivity (Wildman–Crippen MR) is 52.1 cm³/mol. The largest absolute Gasteiger partial charge is 0.450 e. The lowest BCUT2D eigenvalue weighted by Gasteiger charge is -2.09. The summed E-state index contributed by atoms with van der Waals surface area (Å²) >= 11 is 0. The third kappa shape index (κ3) is 2.32. The molecule has 0 heterocycles. The van der Waals surface area contributed by atoms with Gasteiger partial charge in [0.05, 0.1) is 0 Å². The van der Waals surface area contributed by atoms with Crippen LogP contribution in [0.4, 0.5) is 0 Å². The smallest absolute Gasteiger partial charge is 0.326 e. The molecule has 0 aliphatic rings. The maximum atomic E-state index is 11.4. The van der Waals surface area contributed by atoms with E-state index in [0.29, 0.717) is 11.0 Å². The van der Waals surface area contributed by atoms with Gasteiger partial charge in [-0.05, 0) is 12.1 Å². The lowest BCUT2D eigenvalue weighted by atomic mass is 9.88. The van der Waals surface area contributed by atoms with Crippen LogP contribution in [0.15, 0.2) is 24.3 Å². The quantitative estimate of drug-likeness (QED) is 0.624. The topological polar surface area (TPSA) is 40.5 Å². The molecular weight excluding hydrogens is 165 g/mol. The zero-order valence-corrected chi connectivity index (χ0v) is 7.69. The molecule has 0 fully saturated rings. The van der Waals surface area contributed by atoms with Crippen molar-refractivity contribution in [3.05, 3.63) is 29.8 Å². The van der Waals surface area contributed by atoms with Gasteiger partial charge in [-0.2, -0.15) is 0 Å². The van der Waals surface area contributed by atoms with E-state index < -0.39 is 0 Å². The van der Waals surface area contributed by atoms with Gasteiger partial charge in [0.2, 0.25) is 0 Å². The predicted octanol–water partition coefficient (Wildman–Crippen LogP) is -0.375. The van der Waals surface area contributed by atoms with Crippen LogP contribution >= 0.6 is 0 Å².